The van der Waals surface area contributed by atoms with Crippen LogP contribution in [0.25, 0.3) is 0 Å². The predicted molar refractivity (Wildman–Crippen MR) is 66.6 cm³/mol. The third kappa shape index (κ3) is 4.31. The Kier molecular flexibility index (Phi) is 5.28. The van der Waals surface area contributed by atoms with E-state index in [0.717, 1.165) is 16.7 Å². The molecular weight excluding hydrogens is 218 g/mol. The molecular formula is C14H16O3. The molecule has 0 spiro atoms. The van der Waals surface area contributed by atoms with Crippen LogP contribution in [0.5, 0.6) is 5.75 Å². The SMILES string of the molecule is COCOc1ccc(CO)cc1C#CC(C)=[14CH2]. The molecule has 0 unspecified atom stereocenters. The van der Waals surface area contributed by atoms with Gasteiger partial charge in [0.2, 0.25) is 0 Å². The summed E-state index contributed by atoms with van der Waals surface area (Å²) in [7, 11) is 1.56. The van der Waals surface area contributed by atoms with E-state index < -0.39 is 0 Å². The Morgan fingerprint density at radius 3 is 2.82 bits per heavy atom. The number of hydrogen-bond acceptors (Lipinski definition) is 3. The second kappa shape index (κ2) is 6.74. The Hall–Kier alpha value is -1.76. The van der Waals surface area contributed by atoms with Gasteiger partial charge in [0.15, 0.2) is 6.79 Å². The maximum atomic E-state index is 9.08. The molecule has 0 aliphatic rings. The van der Waals surface area contributed by atoms with Gasteiger partial charge in [0, 0.05) is 7.11 Å². The van der Waals surface area contributed by atoms with Crippen LogP contribution in [0.1, 0.15) is 18.1 Å². The second-order valence-corrected chi connectivity index (χ2v) is 3.57. The average molecular weight is 234 g/mol. The van der Waals surface area contributed by atoms with E-state index in [-0.39, 0.29) is 13.4 Å². The van der Waals surface area contributed by atoms with Crippen LogP contribution in [-0.2, 0) is 11.3 Å². The van der Waals surface area contributed by atoms with Crippen LogP contribution < -0.4 is 4.74 Å². The van der Waals surface area contributed by atoms with Crippen molar-refractivity contribution in [2.75, 3.05) is 13.9 Å². The Balaban J connectivity index is 3.03. The topological polar surface area (TPSA) is 38.7 Å². The van der Waals surface area contributed by atoms with Gasteiger partial charge in [-0.2, -0.15) is 0 Å². The molecule has 0 radical (unpaired) electrons. The third-order valence-electron chi connectivity index (χ3n) is 1.97. The number of allylic oxidation sites excluding steroid dienone is 1. The second-order valence-electron chi connectivity index (χ2n) is 3.57. The first-order chi connectivity index (χ1) is 8.17. The van der Waals surface area contributed by atoms with E-state index in [1.807, 2.05) is 6.92 Å². The molecule has 3 nitrogen and oxygen atoms in total. The van der Waals surface area contributed by atoms with E-state index in [9.17, 15) is 0 Å². The molecule has 0 aromatic heterocycles. The molecule has 0 aliphatic heterocycles. The van der Waals surface area contributed by atoms with E-state index in [1.165, 1.54) is 0 Å². The van der Waals surface area contributed by atoms with Gasteiger partial charge in [0.05, 0.1) is 12.2 Å². The summed E-state index contributed by atoms with van der Waals surface area (Å²) in [5.74, 6) is 6.47. The Bertz CT molecular complexity index is 452. The largest absolute Gasteiger partial charge is 0.466 e. The Morgan fingerprint density at radius 1 is 1.47 bits per heavy atom. The maximum Gasteiger partial charge on any atom is 0.188 e. The van der Waals surface area contributed by atoms with Crippen molar-refractivity contribution in [1.82, 2.24) is 0 Å². The first-order valence-electron chi connectivity index (χ1n) is 5.20. The Morgan fingerprint density at radius 2 is 2.24 bits per heavy atom. The van der Waals surface area contributed by atoms with Crippen molar-refractivity contribution in [3.05, 3.63) is 41.5 Å². The fraction of sp³-hybridized carbons (Fsp3) is 0.286. The van der Waals surface area contributed by atoms with Crippen LogP contribution in [-0.4, -0.2) is 19.0 Å². The van der Waals surface area contributed by atoms with Gasteiger partial charge in [-0.3, -0.25) is 0 Å². The van der Waals surface area contributed by atoms with Gasteiger partial charge in [-0.1, -0.05) is 24.5 Å². The summed E-state index contributed by atoms with van der Waals surface area (Å²) >= 11 is 0. The molecule has 1 N–H and O–H groups in total. The van der Waals surface area contributed by atoms with Gasteiger partial charge in [0.25, 0.3) is 0 Å². The number of rotatable bonds is 4. The average Bonchev–Trinajstić information content (AvgIpc) is 2.34. The number of ether oxygens (including phenoxy) is 2. The number of aliphatic hydroxyl groups excluding tert-OH is 1. The zero-order valence-electron chi connectivity index (χ0n) is 10.1. The molecule has 1 rings (SSSR count). The van der Waals surface area contributed by atoms with Crippen LogP contribution in [0.15, 0.2) is 30.4 Å². The van der Waals surface area contributed by atoms with Crippen molar-refractivity contribution in [3.63, 3.8) is 0 Å². The minimum atomic E-state index is -0.0215. The highest BCUT2D eigenvalue weighted by Gasteiger charge is 2.02. The molecule has 0 amide bonds. The predicted octanol–water partition coefficient (Wildman–Crippen LogP) is 2.09. The fourth-order valence-electron chi connectivity index (χ4n) is 1.20. The molecule has 0 saturated carbocycles. The highest BCUT2D eigenvalue weighted by atomic mass is 16.7. The van der Waals surface area contributed by atoms with Gasteiger partial charge in [-0.15, -0.1) is 0 Å². The molecule has 0 heterocycles. The van der Waals surface area contributed by atoms with Crippen molar-refractivity contribution in [2.45, 2.75) is 13.5 Å². The van der Waals surface area contributed by atoms with Crippen molar-refractivity contribution < 1.29 is 14.6 Å². The minimum absolute atomic E-state index is 0.0215. The summed E-state index contributed by atoms with van der Waals surface area (Å²) in [6.45, 7) is 5.69. The molecule has 1 aromatic rings. The summed E-state index contributed by atoms with van der Waals surface area (Å²) in [4.78, 5) is 0. The lowest BCUT2D eigenvalue weighted by Gasteiger charge is -2.08. The van der Waals surface area contributed by atoms with Crippen molar-refractivity contribution in [2.24, 2.45) is 0 Å². The van der Waals surface area contributed by atoms with Crippen LogP contribution in [0, 0.1) is 11.8 Å². The number of aliphatic hydroxyl groups is 1. The standard InChI is InChI=1S/C14H16O3/c1-11(2)4-6-13-8-12(9-15)5-7-14(13)17-10-16-3/h5,7-8,15H,1,9-10H2,2-3H3/i1+2. The molecule has 0 saturated heterocycles. The molecule has 90 valence electrons. The van der Waals surface area contributed by atoms with E-state index in [4.69, 9.17) is 14.6 Å². The summed E-state index contributed by atoms with van der Waals surface area (Å²) in [6, 6.07) is 5.35. The number of hydrogen-bond donors (Lipinski definition) is 1. The molecule has 0 atom stereocenters. The summed E-state index contributed by atoms with van der Waals surface area (Å²) in [5.41, 5.74) is 2.29. The first kappa shape index (κ1) is 13.3. The fourth-order valence-corrected chi connectivity index (χ4v) is 1.20. The third-order valence-corrected chi connectivity index (χ3v) is 1.97. The smallest absolute Gasteiger partial charge is 0.188 e. The van der Waals surface area contributed by atoms with E-state index in [0.29, 0.717) is 5.75 Å². The summed E-state index contributed by atoms with van der Waals surface area (Å²) in [6.07, 6.45) is 0. The molecule has 1 aromatic carbocycles. The van der Waals surface area contributed by atoms with Crippen molar-refractivity contribution in [1.29, 1.82) is 0 Å². The highest BCUT2D eigenvalue weighted by molar-refractivity contribution is 5.50. The van der Waals surface area contributed by atoms with E-state index >= 15 is 0 Å². The summed E-state index contributed by atoms with van der Waals surface area (Å²) in [5, 5.41) is 9.08. The first-order valence-corrected chi connectivity index (χ1v) is 5.20. The highest BCUT2D eigenvalue weighted by Crippen LogP contribution is 2.19. The van der Waals surface area contributed by atoms with Gasteiger partial charge < -0.3 is 14.6 Å². The molecule has 17 heavy (non-hydrogen) atoms. The number of methoxy groups -OCH3 is 1. The van der Waals surface area contributed by atoms with Crippen molar-refractivity contribution >= 4 is 0 Å². The lowest BCUT2D eigenvalue weighted by Crippen LogP contribution is -2.01. The van der Waals surface area contributed by atoms with Gasteiger partial charge in [0.1, 0.15) is 5.75 Å². The monoisotopic (exact) mass is 234 g/mol. The Labute approximate surface area is 102 Å². The normalized spacial score (nSPS) is 9.35. The van der Waals surface area contributed by atoms with Gasteiger partial charge in [-0.05, 0) is 30.2 Å². The van der Waals surface area contributed by atoms with Crippen LogP contribution in [0.3, 0.4) is 0 Å². The van der Waals surface area contributed by atoms with Crippen LogP contribution in [0.2, 0.25) is 0 Å². The zero-order valence-corrected chi connectivity index (χ0v) is 10.1. The van der Waals surface area contributed by atoms with Crippen LogP contribution >= 0.6 is 0 Å². The zero-order chi connectivity index (χ0) is 12.7. The lowest BCUT2D eigenvalue weighted by atomic mass is 10.1. The molecule has 0 bridgehead atoms. The summed E-state index contributed by atoms with van der Waals surface area (Å²) < 4.78 is 10.2. The van der Waals surface area contributed by atoms with Crippen LogP contribution in [0.4, 0.5) is 0 Å². The molecule has 0 fully saturated rings. The molecule has 0 aliphatic carbocycles. The van der Waals surface area contributed by atoms with Gasteiger partial charge in [-0.25, -0.2) is 0 Å². The van der Waals surface area contributed by atoms with E-state index in [1.54, 1.807) is 25.3 Å². The molecule has 3 heteroatoms. The van der Waals surface area contributed by atoms with Gasteiger partial charge >= 0.3 is 0 Å². The number of benzene rings is 1. The minimum Gasteiger partial charge on any atom is -0.466 e. The quantitative estimate of drug-likeness (QED) is 0.640. The lowest BCUT2D eigenvalue weighted by molar-refractivity contribution is 0.0509. The van der Waals surface area contributed by atoms with Crippen molar-refractivity contribution in [3.8, 4) is 17.6 Å². The maximum absolute atomic E-state index is 9.08. The van der Waals surface area contributed by atoms with E-state index in [2.05, 4.69) is 18.4 Å².